The SMILES string of the molecule is Cc1nc2ccccc2c(=O)n1CC(=O)N[C@@H](C)CN1CCC[C@@H](C)C1. The van der Waals surface area contributed by atoms with Gasteiger partial charge in [0.2, 0.25) is 5.91 Å². The van der Waals surface area contributed by atoms with Crippen LogP contribution in [0.5, 0.6) is 0 Å². The molecule has 6 nitrogen and oxygen atoms in total. The lowest BCUT2D eigenvalue weighted by atomic mass is 10.00. The van der Waals surface area contributed by atoms with Crippen molar-refractivity contribution in [3.63, 3.8) is 0 Å². The zero-order chi connectivity index (χ0) is 18.7. The van der Waals surface area contributed by atoms with Crippen LogP contribution in [0.2, 0.25) is 0 Å². The molecule has 0 spiro atoms. The summed E-state index contributed by atoms with van der Waals surface area (Å²) in [6.45, 7) is 9.09. The van der Waals surface area contributed by atoms with E-state index in [0.29, 0.717) is 16.7 Å². The van der Waals surface area contributed by atoms with Gasteiger partial charge in [0.05, 0.1) is 10.9 Å². The summed E-state index contributed by atoms with van der Waals surface area (Å²) in [5.41, 5.74) is 0.500. The van der Waals surface area contributed by atoms with Crippen LogP contribution in [0, 0.1) is 12.8 Å². The Bertz CT molecular complexity index is 845. The molecule has 140 valence electrons. The van der Waals surface area contributed by atoms with Crippen molar-refractivity contribution in [2.24, 2.45) is 5.92 Å². The fourth-order valence-electron chi connectivity index (χ4n) is 3.81. The lowest BCUT2D eigenvalue weighted by molar-refractivity contribution is -0.122. The number of nitrogens with zero attached hydrogens (tertiary/aromatic N) is 3. The largest absolute Gasteiger partial charge is 0.351 e. The third kappa shape index (κ3) is 4.30. The summed E-state index contributed by atoms with van der Waals surface area (Å²) in [7, 11) is 0. The summed E-state index contributed by atoms with van der Waals surface area (Å²) < 4.78 is 1.45. The highest BCUT2D eigenvalue weighted by molar-refractivity contribution is 5.79. The Balaban J connectivity index is 1.64. The lowest BCUT2D eigenvalue weighted by Crippen LogP contribution is -2.46. The Kier molecular flexibility index (Phi) is 5.71. The van der Waals surface area contributed by atoms with Crippen molar-refractivity contribution in [1.29, 1.82) is 0 Å². The molecule has 0 aliphatic carbocycles. The van der Waals surface area contributed by atoms with E-state index >= 15 is 0 Å². The van der Waals surface area contributed by atoms with Gasteiger partial charge in [-0.2, -0.15) is 0 Å². The number of fused-ring (bicyclic) bond motifs is 1. The standard InChI is InChI=1S/C20H28N4O2/c1-14-7-6-10-23(11-14)12-15(2)21-19(25)13-24-16(3)22-18-9-5-4-8-17(18)20(24)26/h4-5,8-9,14-15H,6-7,10-13H2,1-3H3,(H,21,25)/t14-,15+/m1/s1. The lowest BCUT2D eigenvalue weighted by Gasteiger charge is -2.32. The molecule has 1 N–H and O–H groups in total. The molecule has 1 aliphatic heterocycles. The number of likely N-dealkylation sites (tertiary alicyclic amines) is 1. The molecule has 6 heteroatoms. The maximum atomic E-state index is 12.7. The molecule has 0 bridgehead atoms. The molecule has 2 atom stereocenters. The van der Waals surface area contributed by atoms with Crippen LogP contribution in [0.15, 0.2) is 29.1 Å². The van der Waals surface area contributed by atoms with E-state index in [-0.39, 0.29) is 24.1 Å². The molecule has 0 radical (unpaired) electrons. The molecule has 3 rings (SSSR count). The second-order valence-corrected chi connectivity index (χ2v) is 7.54. The van der Waals surface area contributed by atoms with E-state index in [0.717, 1.165) is 25.6 Å². The number of hydrogen-bond acceptors (Lipinski definition) is 4. The normalized spacial score (nSPS) is 19.4. The van der Waals surface area contributed by atoms with E-state index < -0.39 is 0 Å². The van der Waals surface area contributed by atoms with Crippen molar-refractivity contribution in [3.8, 4) is 0 Å². The molecule has 2 heterocycles. The van der Waals surface area contributed by atoms with Gasteiger partial charge in [-0.05, 0) is 51.3 Å². The maximum Gasteiger partial charge on any atom is 0.261 e. The van der Waals surface area contributed by atoms with Crippen molar-refractivity contribution in [1.82, 2.24) is 19.8 Å². The Labute approximate surface area is 154 Å². The number of rotatable bonds is 5. The van der Waals surface area contributed by atoms with E-state index in [1.807, 2.05) is 25.1 Å². The molecule has 1 aromatic heterocycles. The minimum absolute atomic E-state index is 0.00322. The van der Waals surface area contributed by atoms with E-state index in [1.54, 1.807) is 13.0 Å². The minimum Gasteiger partial charge on any atom is -0.351 e. The highest BCUT2D eigenvalue weighted by Gasteiger charge is 2.19. The van der Waals surface area contributed by atoms with Gasteiger partial charge in [0.1, 0.15) is 12.4 Å². The van der Waals surface area contributed by atoms with Crippen molar-refractivity contribution in [2.45, 2.75) is 46.2 Å². The number of aryl methyl sites for hydroxylation is 1. The average Bonchev–Trinajstić information content (AvgIpc) is 2.58. The number of carbonyl (C=O) groups excluding carboxylic acids is 1. The second kappa shape index (κ2) is 7.99. The van der Waals surface area contributed by atoms with E-state index in [1.165, 1.54) is 17.4 Å². The second-order valence-electron chi connectivity index (χ2n) is 7.54. The van der Waals surface area contributed by atoms with Crippen LogP contribution in [0.25, 0.3) is 10.9 Å². The van der Waals surface area contributed by atoms with Crippen LogP contribution in [-0.2, 0) is 11.3 Å². The number of carbonyl (C=O) groups is 1. The van der Waals surface area contributed by atoms with Crippen molar-refractivity contribution in [2.75, 3.05) is 19.6 Å². The number of hydrogen-bond donors (Lipinski definition) is 1. The van der Waals surface area contributed by atoms with Gasteiger partial charge in [-0.1, -0.05) is 19.1 Å². The van der Waals surface area contributed by atoms with Crippen LogP contribution in [-0.4, -0.2) is 46.0 Å². The maximum absolute atomic E-state index is 12.7. The number of piperidine rings is 1. The zero-order valence-corrected chi connectivity index (χ0v) is 15.9. The molecule has 1 amide bonds. The number of para-hydroxylation sites is 1. The first-order valence-corrected chi connectivity index (χ1v) is 9.42. The van der Waals surface area contributed by atoms with Gasteiger partial charge in [0.15, 0.2) is 0 Å². The molecule has 1 aromatic carbocycles. The summed E-state index contributed by atoms with van der Waals surface area (Å²) in [6, 6.07) is 7.28. The van der Waals surface area contributed by atoms with Crippen molar-refractivity contribution >= 4 is 16.8 Å². The van der Waals surface area contributed by atoms with Crippen molar-refractivity contribution < 1.29 is 4.79 Å². The van der Waals surface area contributed by atoms with E-state index in [4.69, 9.17) is 0 Å². The van der Waals surface area contributed by atoms with Crippen LogP contribution in [0.4, 0.5) is 0 Å². The summed E-state index contributed by atoms with van der Waals surface area (Å²) in [6.07, 6.45) is 2.51. The summed E-state index contributed by atoms with van der Waals surface area (Å²) >= 11 is 0. The van der Waals surface area contributed by atoms with Gasteiger partial charge in [-0.25, -0.2) is 4.98 Å². The summed E-state index contributed by atoms with van der Waals surface area (Å²) in [5.74, 6) is 1.13. The quantitative estimate of drug-likeness (QED) is 0.889. The van der Waals surface area contributed by atoms with E-state index in [2.05, 4.69) is 22.1 Å². The number of benzene rings is 1. The van der Waals surface area contributed by atoms with Gasteiger partial charge in [0, 0.05) is 19.1 Å². The van der Waals surface area contributed by atoms with Crippen molar-refractivity contribution in [3.05, 3.63) is 40.4 Å². The number of amides is 1. The van der Waals surface area contributed by atoms with Gasteiger partial charge in [0.25, 0.3) is 5.56 Å². The molecule has 1 saturated heterocycles. The Morgan fingerprint density at radius 1 is 1.38 bits per heavy atom. The third-order valence-electron chi connectivity index (χ3n) is 5.03. The van der Waals surface area contributed by atoms with Gasteiger partial charge in [-0.3, -0.25) is 14.2 Å². The predicted molar refractivity (Wildman–Crippen MR) is 103 cm³/mol. The van der Waals surface area contributed by atoms with Gasteiger partial charge >= 0.3 is 0 Å². The molecular weight excluding hydrogens is 328 g/mol. The molecule has 0 unspecified atom stereocenters. The molecular formula is C20H28N4O2. The van der Waals surface area contributed by atoms with E-state index in [9.17, 15) is 9.59 Å². The molecule has 1 fully saturated rings. The van der Waals surface area contributed by atoms with Gasteiger partial charge < -0.3 is 10.2 Å². The summed E-state index contributed by atoms with van der Waals surface area (Å²) in [4.78, 5) is 32.0. The first-order chi connectivity index (χ1) is 12.4. The monoisotopic (exact) mass is 356 g/mol. The number of nitrogens with one attached hydrogen (secondary N) is 1. The van der Waals surface area contributed by atoms with Crippen LogP contribution < -0.4 is 10.9 Å². The highest BCUT2D eigenvalue weighted by Crippen LogP contribution is 2.15. The molecule has 26 heavy (non-hydrogen) atoms. The van der Waals surface area contributed by atoms with Crippen LogP contribution in [0.1, 0.15) is 32.5 Å². The van der Waals surface area contributed by atoms with Crippen LogP contribution >= 0.6 is 0 Å². The molecule has 0 saturated carbocycles. The predicted octanol–water partition coefficient (Wildman–Crippen LogP) is 1.94. The average molecular weight is 356 g/mol. The Morgan fingerprint density at radius 3 is 2.92 bits per heavy atom. The fraction of sp³-hybridized carbons (Fsp3) is 0.550. The zero-order valence-electron chi connectivity index (χ0n) is 15.9. The highest BCUT2D eigenvalue weighted by atomic mass is 16.2. The molecule has 2 aromatic rings. The third-order valence-corrected chi connectivity index (χ3v) is 5.03. The topological polar surface area (TPSA) is 67.2 Å². The summed E-state index contributed by atoms with van der Waals surface area (Å²) in [5, 5.41) is 3.57. The molecule has 1 aliphatic rings. The minimum atomic E-state index is -0.166. The fourth-order valence-corrected chi connectivity index (χ4v) is 3.81. The smallest absolute Gasteiger partial charge is 0.261 e. The first-order valence-electron chi connectivity index (χ1n) is 9.42. The number of aromatic nitrogens is 2. The Morgan fingerprint density at radius 2 is 2.15 bits per heavy atom. The van der Waals surface area contributed by atoms with Crippen LogP contribution in [0.3, 0.4) is 0 Å². The van der Waals surface area contributed by atoms with Gasteiger partial charge in [-0.15, -0.1) is 0 Å². The Hall–Kier alpha value is -2.21. The first kappa shape index (κ1) is 18.6.